The fraction of sp³-hybridized carbons (Fsp3) is 0.500. The van der Waals surface area contributed by atoms with Crippen molar-refractivity contribution in [3.05, 3.63) is 28.2 Å². The zero-order valence-electron chi connectivity index (χ0n) is 11.7. The molecule has 1 N–H and O–H groups in total. The zero-order chi connectivity index (χ0) is 13.8. The molecule has 0 atom stereocenters. The highest BCUT2D eigenvalue weighted by Crippen LogP contribution is 2.23. The Kier molecular flexibility index (Phi) is 6.79. The SMILES string of the molecule is CC(C)Oc1cc(Br)cc(C(=O)N2CCNCC2)c1.Cl. The highest BCUT2D eigenvalue weighted by atomic mass is 79.9. The Hall–Kier alpha value is -0.780. The maximum atomic E-state index is 12.4. The van der Waals surface area contributed by atoms with E-state index < -0.39 is 0 Å². The zero-order valence-corrected chi connectivity index (χ0v) is 14.1. The van der Waals surface area contributed by atoms with Crippen LogP contribution in [0, 0.1) is 0 Å². The molecule has 1 saturated heterocycles. The van der Waals surface area contributed by atoms with E-state index in [9.17, 15) is 4.79 Å². The predicted molar refractivity (Wildman–Crippen MR) is 85.9 cm³/mol. The summed E-state index contributed by atoms with van der Waals surface area (Å²) in [4.78, 5) is 14.3. The largest absolute Gasteiger partial charge is 0.491 e. The Bertz CT molecular complexity index is 462. The lowest BCUT2D eigenvalue weighted by Crippen LogP contribution is -2.46. The summed E-state index contributed by atoms with van der Waals surface area (Å²) in [7, 11) is 0. The number of carbonyl (C=O) groups excluding carboxylic acids is 1. The second-order valence-electron chi connectivity index (χ2n) is 4.88. The van der Waals surface area contributed by atoms with Gasteiger partial charge in [-0.2, -0.15) is 0 Å². The van der Waals surface area contributed by atoms with Crippen LogP contribution in [0.4, 0.5) is 0 Å². The van der Waals surface area contributed by atoms with Crippen molar-refractivity contribution in [1.82, 2.24) is 10.2 Å². The van der Waals surface area contributed by atoms with Gasteiger partial charge in [-0.3, -0.25) is 4.79 Å². The van der Waals surface area contributed by atoms with Gasteiger partial charge in [0.1, 0.15) is 5.75 Å². The smallest absolute Gasteiger partial charge is 0.254 e. The van der Waals surface area contributed by atoms with E-state index in [1.165, 1.54) is 0 Å². The summed E-state index contributed by atoms with van der Waals surface area (Å²) in [6.07, 6.45) is 0.0939. The number of benzene rings is 1. The first kappa shape index (κ1) is 17.3. The summed E-state index contributed by atoms with van der Waals surface area (Å²) in [6.45, 7) is 7.17. The minimum Gasteiger partial charge on any atom is -0.491 e. The lowest BCUT2D eigenvalue weighted by Gasteiger charge is -2.27. The first-order chi connectivity index (χ1) is 9.06. The van der Waals surface area contributed by atoms with E-state index in [0.29, 0.717) is 5.56 Å². The minimum absolute atomic E-state index is 0. The number of nitrogens with zero attached hydrogens (tertiary/aromatic N) is 1. The summed E-state index contributed by atoms with van der Waals surface area (Å²) < 4.78 is 6.53. The molecule has 0 unspecified atom stereocenters. The molecule has 0 bridgehead atoms. The van der Waals surface area contributed by atoms with Crippen LogP contribution < -0.4 is 10.1 Å². The first-order valence-corrected chi connectivity index (χ1v) is 7.33. The van der Waals surface area contributed by atoms with Crippen LogP contribution in [0.25, 0.3) is 0 Å². The van der Waals surface area contributed by atoms with Gasteiger partial charge in [0.05, 0.1) is 6.10 Å². The Balaban J connectivity index is 0.00000200. The summed E-state index contributed by atoms with van der Waals surface area (Å²) in [5.74, 6) is 0.791. The molecule has 4 nitrogen and oxygen atoms in total. The number of carbonyl (C=O) groups is 1. The topological polar surface area (TPSA) is 41.6 Å². The van der Waals surface area contributed by atoms with E-state index in [-0.39, 0.29) is 24.4 Å². The van der Waals surface area contributed by atoms with Crippen LogP contribution in [0.5, 0.6) is 5.75 Å². The van der Waals surface area contributed by atoms with E-state index >= 15 is 0 Å². The number of nitrogens with one attached hydrogen (secondary N) is 1. The van der Waals surface area contributed by atoms with Gasteiger partial charge in [0.2, 0.25) is 0 Å². The van der Waals surface area contributed by atoms with Crippen molar-refractivity contribution in [2.75, 3.05) is 26.2 Å². The molecule has 0 aromatic heterocycles. The van der Waals surface area contributed by atoms with E-state index in [4.69, 9.17) is 4.74 Å². The van der Waals surface area contributed by atoms with Gasteiger partial charge in [-0.25, -0.2) is 0 Å². The molecule has 0 spiro atoms. The second-order valence-corrected chi connectivity index (χ2v) is 5.80. The molecule has 1 fully saturated rings. The Labute approximate surface area is 134 Å². The van der Waals surface area contributed by atoms with Gasteiger partial charge in [0.15, 0.2) is 0 Å². The molecule has 1 amide bonds. The highest BCUT2D eigenvalue weighted by molar-refractivity contribution is 9.10. The second kappa shape index (κ2) is 7.86. The van der Waals surface area contributed by atoms with Crippen LogP contribution in [-0.2, 0) is 0 Å². The van der Waals surface area contributed by atoms with Crippen molar-refractivity contribution in [1.29, 1.82) is 0 Å². The number of ether oxygens (including phenoxy) is 1. The molecule has 1 aliphatic rings. The third-order valence-corrected chi connectivity index (χ3v) is 3.35. The van der Waals surface area contributed by atoms with E-state index in [2.05, 4.69) is 21.2 Å². The average Bonchev–Trinajstić information content (AvgIpc) is 2.37. The number of hydrogen-bond donors (Lipinski definition) is 1. The van der Waals surface area contributed by atoms with Crippen molar-refractivity contribution in [2.45, 2.75) is 20.0 Å². The van der Waals surface area contributed by atoms with Gasteiger partial charge in [-0.1, -0.05) is 15.9 Å². The molecule has 6 heteroatoms. The fourth-order valence-electron chi connectivity index (χ4n) is 2.08. The van der Waals surface area contributed by atoms with Crippen molar-refractivity contribution in [3.8, 4) is 5.75 Å². The molecule has 1 aromatic carbocycles. The molecule has 0 radical (unpaired) electrons. The van der Waals surface area contributed by atoms with E-state index in [1.807, 2.05) is 36.9 Å². The van der Waals surface area contributed by atoms with Crippen LogP contribution in [0.2, 0.25) is 0 Å². The van der Waals surface area contributed by atoms with Gasteiger partial charge >= 0.3 is 0 Å². The van der Waals surface area contributed by atoms with Crippen molar-refractivity contribution >= 4 is 34.2 Å². The number of halogens is 2. The van der Waals surface area contributed by atoms with Gasteiger partial charge < -0.3 is 15.0 Å². The Morgan fingerprint density at radius 3 is 2.55 bits per heavy atom. The molecular weight excluding hydrogens is 344 g/mol. The molecule has 0 aliphatic carbocycles. The lowest BCUT2D eigenvalue weighted by atomic mass is 10.1. The average molecular weight is 364 g/mol. The summed E-state index contributed by atoms with van der Waals surface area (Å²) in [5, 5.41) is 3.24. The lowest BCUT2D eigenvalue weighted by molar-refractivity contribution is 0.0735. The molecule has 20 heavy (non-hydrogen) atoms. The van der Waals surface area contributed by atoms with Crippen molar-refractivity contribution < 1.29 is 9.53 Å². The quantitative estimate of drug-likeness (QED) is 0.898. The van der Waals surface area contributed by atoms with Gasteiger partial charge in [0.25, 0.3) is 5.91 Å². The monoisotopic (exact) mass is 362 g/mol. The molecular formula is C14H20BrClN2O2. The molecule has 1 aliphatic heterocycles. The number of rotatable bonds is 3. The first-order valence-electron chi connectivity index (χ1n) is 6.53. The van der Waals surface area contributed by atoms with Crippen LogP contribution in [0.3, 0.4) is 0 Å². The van der Waals surface area contributed by atoms with Crippen LogP contribution in [0.1, 0.15) is 24.2 Å². The van der Waals surface area contributed by atoms with Crippen LogP contribution >= 0.6 is 28.3 Å². The third kappa shape index (κ3) is 4.65. The number of hydrogen-bond acceptors (Lipinski definition) is 3. The van der Waals surface area contributed by atoms with Gasteiger partial charge in [-0.15, -0.1) is 12.4 Å². The maximum absolute atomic E-state index is 12.4. The summed E-state index contributed by atoms with van der Waals surface area (Å²) in [6, 6.07) is 5.54. The Morgan fingerprint density at radius 2 is 1.95 bits per heavy atom. The molecule has 112 valence electrons. The molecule has 0 saturated carbocycles. The molecule has 1 heterocycles. The van der Waals surface area contributed by atoms with Crippen molar-refractivity contribution in [3.63, 3.8) is 0 Å². The fourth-order valence-corrected chi connectivity index (χ4v) is 2.55. The maximum Gasteiger partial charge on any atom is 0.254 e. The van der Waals surface area contributed by atoms with Gasteiger partial charge in [-0.05, 0) is 32.0 Å². The normalized spacial score (nSPS) is 14.9. The van der Waals surface area contributed by atoms with Gasteiger partial charge in [0, 0.05) is 36.2 Å². The highest BCUT2D eigenvalue weighted by Gasteiger charge is 2.19. The molecule has 2 rings (SSSR count). The van der Waals surface area contributed by atoms with E-state index in [0.717, 1.165) is 36.4 Å². The number of amides is 1. The predicted octanol–water partition coefficient (Wildman–Crippen LogP) is 2.70. The minimum atomic E-state index is 0. The third-order valence-electron chi connectivity index (χ3n) is 2.89. The standard InChI is InChI=1S/C14H19BrN2O2.ClH/c1-10(2)19-13-8-11(7-12(15)9-13)14(18)17-5-3-16-4-6-17;/h7-10,16H,3-6H2,1-2H3;1H. The molecule has 1 aromatic rings. The number of piperazine rings is 1. The Morgan fingerprint density at radius 1 is 1.30 bits per heavy atom. The summed E-state index contributed by atoms with van der Waals surface area (Å²) >= 11 is 3.43. The van der Waals surface area contributed by atoms with Crippen LogP contribution in [-0.4, -0.2) is 43.1 Å². The summed E-state index contributed by atoms with van der Waals surface area (Å²) in [5.41, 5.74) is 0.673. The van der Waals surface area contributed by atoms with E-state index in [1.54, 1.807) is 0 Å². The van der Waals surface area contributed by atoms with Crippen molar-refractivity contribution in [2.24, 2.45) is 0 Å². The van der Waals surface area contributed by atoms with Crippen LogP contribution in [0.15, 0.2) is 22.7 Å².